The summed E-state index contributed by atoms with van der Waals surface area (Å²) in [4.78, 5) is 11.8. The molecular weight excluding hydrogens is 371 g/mol. The van der Waals surface area contributed by atoms with E-state index in [9.17, 15) is 18.3 Å². The molecule has 0 aliphatic heterocycles. The minimum Gasteiger partial charge on any atom is -0.384 e. The van der Waals surface area contributed by atoms with E-state index >= 15 is 0 Å². The van der Waals surface area contributed by atoms with Crippen LogP contribution in [0.4, 0.5) is 13.2 Å². The Hall–Kier alpha value is -3.33. The van der Waals surface area contributed by atoms with Crippen LogP contribution in [0.1, 0.15) is 23.6 Å². The van der Waals surface area contributed by atoms with Crippen molar-refractivity contribution in [2.75, 3.05) is 0 Å². The van der Waals surface area contributed by atoms with Crippen LogP contribution in [0.15, 0.2) is 42.9 Å². The predicted octanol–water partition coefficient (Wildman–Crippen LogP) is 3.50. The number of nitrogens with zero attached hydrogens (tertiary/aromatic N) is 5. The van der Waals surface area contributed by atoms with Crippen LogP contribution in [0, 0.1) is 17.5 Å². The molecule has 1 unspecified atom stereocenters. The van der Waals surface area contributed by atoms with Crippen molar-refractivity contribution >= 4 is 5.78 Å². The second-order valence-corrected chi connectivity index (χ2v) is 6.25. The molecule has 3 heterocycles. The van der Waals surface area contributed by atoms with Crippen molar-refractivity contribution in [3.05, 3.63) is 66.0 Å². The maximum atomic E-state index is 14.4. The Morgan fingerprint density at radius 1 is 1.07 bits per heavy atom. The quantitative estimate of drug-likeness (QED) is 0.581. The van der Waals surface area contributed by atoms with Crippen LogP contribution in [0.3, 0.4) is 0 Å². The number of pyridine rings is 1. The number of aliphatic hydroxyl groups is 1. The Morgan fingerprint density at radius 3 is 2.64 bits per heavy atom. The molecule has 4 aromatic rings. The molecule has 3 aromatic heterocycles. The largest absolute Gasteiger partial charge is 0.384 e. The lowest BCUT2D eigenvalue weighted by Crippen LogP contribution is -2.19. The molecule has 6 nitrogen and oxygen atoms in total. The lowest BCUT2D eigenvalue weighted by molar-refractivity contribution is 0.0734. The van der Waals surface area contributed by atoms with Gasteiger partial charge < -0.3 is 5.11 Å². The molecular formula is C19H14F3N5O. The fourth-order valence-electron chi connectivity index (χ4n) is 2.69. The minimum atomic E-state index is -2.74. The van der Waals surface area contributed by atoms with Crippen LogP contribution in [-0.4, -0.2) is 29.7 Å². The second kappa shape index (κ2) is 6.38. The third-order valence-electron chi connectivity index (χ3n) is 4.06. The zero-order valence-electron chi connectivity index (χ0n) is 17.4. The van der Waals surface area contributed by atoms with E-state index < -0.39 is 29.9 Å². The molecule has 1 aromatic carbocycles. The second-order valence-electron chi connectivity index (χ2n) is 6.25. The van der Waals surface area contributed by atoms with Crippen molar-refractivity contribution in [2.45, 2.75) is 19.4 Å². The van der Waals surface area contributed by atoms with Crippen LogP contribution in [0.25, 0.3) is 28.3 Å². The molecule has 0 saturated carbocycles. The fraction of sp³-hybridized carbons (Fsp3) is 0.158. The standard InChI is InChI=1S/C19H14F3N5O/c1-19(2,28)16-9-25-27-15(8-24-18(27)26-16)10-3-4-13(21)12(5-10)17-14(22)6-11(20)7-23-17/h3-9,28H,1-2H3/i1D3. The normalized spacial score (nSPS) is 15.7. The molecule has 28 heavy (non-hydrogen) atoms. The first-order chi connectivity index (χ1) is 14.5. The average molecular weight is 388 g/mol. The van der Waals surface area contributed by atoms with Crippen molar-refractivity contribution in [2.24, 2.45) is 0 Å². The number of fused-ring (bicyclic) bond motifs is 1. The van der Waals surface area contributed by atoms with Crippen LogP contribution in [0.2, 0.25) is 0 Å². The molecule has 0 aliphatic carbocycles. The van der Waals surface area contributed by atoms with E-state index in [2.05, 4.69) is 20.1 Å². The highest BCUT2D eigenvalue weighted by Crippen LogP contribution is 2.29. The van der Waals surface area contributed by atoms with Gasteiger partial charge in [-0.2, -0.15) is 9.61 Å². The van der Waals surface area contributed by atoms with Gasteiger partial charge in [0, 0.05) is 21.3 Å². The van der Waals surface area contributed by atoms with Crippen molar-refractivity contribution in [3.63, 3.8) is 0 Å². The first kappa shape index (κ1) is 14.7. The number of hydrogen-bond acceptors (Lipinski definition) is 5. The highest BCUT2D eigenvalue weighted by molar-refractivity contribution is 5.71. The third kappa shape index (κ3) is 3.09. The van der Waals surface area contributed by atoms with E-state index in [1.54, 1.807) is 0 Å². The van der Waals surface area contributed by atoms with Gasteiger partial charge in [0.15, 0.2) is 5.82 Å². The van der Waals surface area contributed by atoms with Gasteiger partial charge in [-0.1, -0.05) is 0 Å². The summed E-state index contributed by atoms with van der Waals surface area (Å²) < 4.78 is 65.3. The van der Waals surface area contributed by atoms with Crippen LogP contribution < -0.4 is 0 Å². The average Bonchev–Trinajstić information content (AvgIpc) is 3.11. The van der Waals surface area contributed by atoms with Gasteiger partial charge >= 0.3 is 0 Å². The Labute approximate surface area is 161 Å². The van der Waals surface area contributed by atoms with Gasteiger partial charge in [-0.25, -0.2) is 23.1 Å². The number of hydrogen-bond donors (Lipinski definition) is 1. The summed E-state index contributed by atoms with van der Waals surface area (Å²) in [6, 6.07) is 4.40. The molecule has 0 saturated heterocycles. The van der Waals surface area contributed by atoms with E-state index in [4.69, 9.17) is 4.11 Å². The van der Waals surface area contributed by atoms with E-state index in [0.717, 1.165) is 25.4 Å². The van der Waals surface area contributed by atoms with Gasteiger partial charge in [-0.15, -0.1) is 0 Å². The number of benzene rings is 1. The van der Waals surface area contributed by atoms with Gasteiger partial charge in [0.05, 0.1) is 30.0 Å². The van der Waals surface area contributed by atoms with Crippen molar-refractivity contribution in [3.8, 4) is 22.5 Å². The maximum absolute atomic E-state index is 14.4. The zero-order chi connectivity index (χ0) is 22.6. The Morgan fingerprint density at radius 2 is 1.89 bits per heavy atom. The van der Waals surface area contributed by atoms with Crippen LogP contribution >= 0.6 is 0 Å². The Bertz CT molecular complexity index is 1310. The molecule has 0 spiro atoms. The summed E-state index contributed by atoms with van der Waals surface area (Å²) in [5, 5.41) is 14.4. The maximum Gasteiger partial charge on any atom is 0.251 e. The molecule has 4 rings (SSSR count). The summed E-state index contributed by atoms with van der Waals surface area (Å²) >= 11 is 0. The topological polar surface area (TPSA) is 76.2 Å². The van der Waals surface area contributed by atoms with E-state index in [1.807, 2.05) is 0 Å². The fourth-order valence-corrected chi connectivity index (χ4v) is 2.69. The van der Waals surface area contributed by atoms with Crippen molar-refractivity contribution < 1.29 is 22.4 Å². The molecule has 0 fully saturated rings. The first-order valence-corrected chi connectivity index (χ1v) is 8.04. The first-order valence-electron chi connectivity index (χ1n) is 9.54. The summed E-state index contributed by atoms with van der Waals surface area (Å²) in [7, 11) is 0. The molecule has 0 aliphatic rings. The van der Waals surface area contributed by atoms with E-state index in [1.165, 1.54) is 22.8 Å². The Kier molecular flexibility index (Phi) is 3.35. The number of imidazole rings is 1. The van der Waals surface area contributed by atoms with E-state index in [-0.39, 0.29) is 22.7 Å². The summed E-state index contributed by atoms with van der Waals surface area (Å²) in [5.41, 5.74) is -2.29. The monoisotopic (exact) mass is 388 g/mol. The van der Waals surface area contributed by atoms with Gasteiger partial charge in [0.25, 0.3) is 5.78 Å². The molecule has 1 N–H and O–H groups in total. The number of halogens is 3. The van der Waals surface area contributed by atoms with E-state index in [0.29, 0.717) is 17.3 Å². The molecule has 0 bridgehead atoms. The number of aromatic nitrogens is 5. The van der Waals surface area contributed by atoms with Crippen LogP contribution in [-0.2, 0) is 5.60 Å². The Balaban J connectivity index is 1.81. The predicted molar refractivity (Wildman–Crippen MR) is 94.6 cm³/mol. The third-order valence-corrected chi connectivity index (χ3v) is 4.06. The number of rotatable bonds is 3. The molecule has 1 atom stereocenters. The SMILES string of the molecule is [2H]C([2H])([2H])C(C)(O)c1cnn2c(-c3ccc(F)c(-c4ncc(F)cc4F)c3)cnc2n1. The summed E-state index contributed by atoms with van der Waals surface area (Å²) in [6.07, 6.45) is 3.23. The van der Waals surface area contributed by atoms with Gasteiger partial charge in [-0.3, -0.25) is 4.98 Å². The lowest BCUT2D eigenvalue weighted by Gasteiger charge is -2.15. The van der Waals surface area contributed by atoms with Crippen LogP contribution in [0.5, 0.6) is 0 Å². The molecule has 0 radical (unpaired) electrons. The molecule has 9 heteroatoms. The minimum absolute atomic E-state index is 0.00557. The summed E-state index contributed by atoms with van der Waals surface area (Å²) in [5.74, 6) is -2.68. The van der Waals surface area contributed by atoms with Gasteiger partial charge in [-0.05, 0) is 32.0 Å². The molecule has 142 valence electrons. The summed E-state index contributed by atoms with van der Waals surface area (Å²) in [6.45, 7) is -1.64. The van der Waals surface area contributed by atoms with Gasteiger partial charge in [0.1, 0.15) is 22.9 Å². The van der Waals surface area contributed by atoms with Crippen molar-refractivity contribution in [1.29, 1.82) is 0 Å². The van der Waals surface area contributed by atoms with Gasteiger partial charge in [0.2, 0.25) is 0 Å². The lowest BCUT2D eigenvalue weighted by atomic mass is 10.0. The smallest absolute Gasteiger partial charge is 0.251 e. The van der Waals surface area contributed by atoms with Crippen molar-refractivity contribution in [1.82, 2.24) is 24.6 Å². The molecule has 0 amide bonds. The highest BCUT2D eigenvalue weighted by atomic mass is 19.1. The zero-order valence-corrected chi connectivity index (χ0v) is 14.4. The highest BCUT2D eigenvalue weighted by Gasteiger charge is 2.21.